The highest BCUT2D eigenvalue weighted by Gasteiger charge is 2.61. The summed E-state index contributed by atoms with van der Waals surface area (Å²) in [6.07, 6.45) is 13.6. The van der Waals surface area contributed by atoms with E-state index in [1.807, 2.05) is 0 Å². The molecular weight excluding hydrogens is 422 g/mol. The van der Waals surface area contributed by atoms with Crippen molar-refractivity contribution in [2.24, 2.45) is 11.3 Å². The van der Waals surface area contributed by atoms with E-state index in [0.29, 0.717) is 6.84 Å². The third-order valence-electron chi connectivity index (χ3n) is 5.11. The van der Waals surface area contributed by atoms with Gasteiger partial charge in [0.1, 0.15) is 0 Å². The first-order chi connectivity index (χ1) is 7.47. The molecule has 4 fully saturated rings. The van der Waals surface area contributed by atoms with E-state index in [2.05, 4.69) is 52.1 Å². The molecule has 0 amide bonds. The van der Waals surface area contributed by atoms with Crippen molar-refractivity contribution in [2.75, 3.05) is 0 Å². The van der Waals surface area contributed by atoms with Crippen molar-refractivity contribution in [1.82, 2.24) is 0 Å². The van der Waals surface area contributed by atoms with Gasteiger partial charge in [-0.15, -0.1) is 0 Å². The molecule has 0 N–H and O–H groups in total. The van der Waals surface area contributed by atoms with Gasteiger partial charge >= 0.3 is 0 Å². The highest BCUT2D eigenvalue weighted by molar-refractivity contribution is 14.1. The third kappa shape index (κ3) is 2.08. The van der Waals surface area contributed by atoms with Crippen molar-refractivity contribution < 1.29 is 0 Å². The van der Waals surface area contributed by atoms with Crippen LogP contribution in [0.3, 0.4) is 0 Å². The van der Waals surface area contributed by atoms with Crippen LogP contribution in [0.15, 0.2) is 0 Å². The molecule has 0 aromatic rings. The molecule has 0 radical (unpaired) electrons. The second-order valence-corrected chi connectivity index (χ2v) is 11.5. The van der Waals surface area contributed by atoms with Gasteiger partial charge in [0.05, 0.1) is 0 Å². The van der Waals surface area contributed by atoms with Crippen LogP contribution in [0.5, 0.6) is 0 Å². The Hall–Kier alpha value is 1.46. The Balaban J connectivity index is 1.86. The van der Waals surface area contributed by atoms with Crippen LogP contribution >= 0.6 is 45.2 Å². The molecule has 92 valence electrons. The van der Waals surface area contributed by atoms with E-state index in [-0.39, 0.29) is 0 Å². The Bertz CT molecular complexity index is 281. The summed E-state index contributed by atoms with van der Waals surface area (Å²) in [4.78, 5) is 0. The number of halogens is 2. The molecule has 0 aliphatic heterocycles. The van der Waals surface area contributed by atoms with E-state index in [1.165, 1.54) is 38.5 Å². The number of rotatable bonds is 3. The molecule has 4 saturated carbocycles. The van der Waals surface area contributed by atoms with E-state index in [0.717, 1.165) is 11.3 Å². The zero-order chi connectivity index (χ0) is 11.4. The summed E-state index contributed by atoms with van der Waals surface area (Å²) < 4.78 is 1.37. The lowest BCUT2D eigenvalue weighted by molar-refractivity contribution is -0.0166. The first-order valence-electron chi connectivity index (χ1n) is 6.85. The summed E-state index contributed by atoms with van der Waals surface area (Å²) in [6.45, 7) is 2.35. The summed E-state index contributed by atoms with van der Waals surface area (Å²) in [5, 5.41) is 0. The second kappa shape index (κ2) is 3.97. The van der Waals surface area contributed by atoms with Crippen LogP contribution in [-0.4, -0.2) is 6.84 Å². The van der Waals surface area contributed by atoms with Crippen molar-refractivity contribution in [3.8, 4) is 0 Å². The second-order valence-electron chi connectivity index (χ2n) is 6.91. The fourth-order valence-electron chi connectivity index (χ4n) is 5.23. The number of hydrogen-bond acceptors (Lipinski definition) is 0. The van der Waals surface area contributed by atoms with Crippen LogP contribution in [0.4, 0.5) is 0 Å². The standard InChI is InChI=1S/C14H22I2/c1-2-3-4-12-5-11-6-13(15,8-12)10-14(16,7-11)9-12/h11H,2-10H2,1H3. The molecule has 0 heterocycles. The monoisotopic (exact) mass is 444 g/mol. The quantitative estimate of drug-likeness (QED) is 0.398. The van der Waals surface area contributed by atoms with Crippen LogP contribution in [-0.2, 0) is 0 Å². The maximum atomic E-state index is 2.83. The average Bonchev–Trinajstić information content (AvgIpc) is 2.08. The van der Waals surface area contributed by atoms with Gasteiger partial charge in [-0.1, -0.05) is 64.9 Å². The molecule has 4 aliphatic carbocycles. The minimum atomic E-state index is 0.687. The summed E-state index contributed by atoms with van der Waals surface area (Å²) in [6, 6.07) is 0. The van der Waals surface area contributed by atoms with Gasteiger partial charge in [0.15, 0.2) is 0 Å². The Morgan fingerprint density at radius 1 is 1.00 bits per heavy atom. The Morgan fingerprint density at radius 2 is 1.62 bits per heavy atom. The molecule has 0 aromatic heterocycles. The van der Waals surface area contributed by atoms with Crippen LogP contribution in [0, 0.1) is 11.3 Å². The van der Waals surface area contributed by atoms with Crippen LogP contribution in [0.25, 0.3) is 0 Å². The van der Waals surface area contributed by atoms with E-state index in [4.69, 9.17) is 0 Å². The van der Waals surface area contributed by atoms with Gasteiger partial charge in [-0.2, -0.15) is 0 Å². The Kier molecular flexibility index (Phi) is 3.10. The summed E-state index contributed by atoms with van der Waals surface area (Å²) in [5.41, 5.74) is 0.762. The number of hydrogen-bond donors (Lipinski definition) is 0. The minimum Gasteiger partial charge on any atom is -0.0788 e. The van der Waals surface area contributed by atoms with Gasteiger partial charge in [-0.3, -0.25) is 0 Å². The van der Waals surface area contributed by atoms with Gasteiger partial charge in [0.25, 0.3) is 0 Å². The molecule has 0 saturated heterocycles. The average molecular weight is 444 g/mol. The van der Waals surface area contributed by atoms with Gasteiger partial charge in [-0.25, -0.2) is 0 Å². The summed E-state index contributed by atoms with van der Waals surface area (Å²) >= 11 is 5.67. The van der Waals surface area contributed by atoms with Crippen LogP contribution in [0.1, 0.15) is 64.7 Å². The molecular formula is C14H22I2. The zero-order valence-electron chi connectivity index (χ0n) is 10.2. The molecule has 0 aromatic carbocycles. The Morgan fingerprint density at radius 3 is 2.12 bits per heavy atom. The molecule has 4 aliphatic rings. The van der Waals surface area contributed by atoms with Gasteiger partial charge in [0.2, 0.25) is 0 Å². The molecule has 0 nitrogen and oxygen atoms in total. The van der Waals surface area contributed by atoms with Gasteiger partial charge < -0.3 is 0 Å². The predicted octanol–water partition coefficient (Wildman–Crippen LogP) is 5.51. The molecule has 2 unspecified atom stereocenters. The lowest BCUT2D eigenvalue weighted by atomic mass is 9.48. The van der Waals surface area contributed by atoms with Crippen molar-refractivity contribution in [3.05, 3.63) is 0 Å². The fourth-order valence-corrected chi connectivity index (χ4v) is 10.3. The molecule has 2 heteroatoms. The highest BCUT2D eigenvalue weighted by atomic mass is 127. The first-order valence-corrected chi connectivity index (χ1v) is 9.00. The van der Waals surface area contributed by atoms with Crippen molar-refractivity contribution in [1.29, 1.82) is 0 Å². The topological polar surface area (TPSA) is 0 Å². The molecule has 0 spiro atoms. The van der Waals surface area contributed by atoms with Gasteiger partial charge in [-0.05, 0) is 56.3 Å². The maximum absolute atomic E-state index is 2.83. The van der Waals surface area contributed by atoms with Gasteiger partial charge in [0, 0.05) is 6.84 Å². The smallest absolute Gasteiger partial charge is 0.0243 e. The SMILES string of the molecule is CCCCC12CC3CC(I)(CC(I)(C3)C1)C2. The molecule has 4 rings (SSSR count). The number of unbranched alkanes of at least 4 members (excludes halogenated alkanes) is 1. The molecule has 16 heavy (non-hydrogen) atoms. The van der Waals surface area contributed by atoms with E-state index >= 15 is 0 Å². The predicted molar refractivity (Wildman–Crippen MR) is 86.7 cm³/mol. The zero-order valence-corrected chi connectivity index (χ0v) is 14.5. The molecule has 2 atom stereocenters. The van der Waals surface area contributed by atoms with Crippen molar-refractivity contribution >= 4 is 45.2 Å². The highest BCUT2D eigenvalue weighted by Crippen LogP contribution is 2.69. The summed E-state index contributed by atoms with van der Waals surface area (Å²) in [7, 11) is 0. The largest absolute Gasteiger partial charge is 0.0788 e. The number of alkyl halides is 2. The van der Waals surface area contributed by atoms with Crippen LogP contribution in [0.2, 0.25) is 0 Å². The maximum Gasteiger partial charge on any atom is 0.0243 e. The van der Waals surface area contributed by atoms with E-state index in [9.17, 15) is 0 Å². The lowest BCUT2D eigenvalue weighted by Gasteiger charge is -2.64. The van der Waals surface area contributed by atoms with Crippen molar-refractivity contribution in [3.63, 3.8) is 0 Å². The van der Waals surface area contributed by atoms with E-state index in [1.54, 1.807) is 19.3 Å². The molecule has 4 bridgehead atoms. The van der Waals surface area contributed by atoms with E-state index < -0.39 is 0 Å². The first kappa shape index (κ1) is 12.5. The fraction of sp³-hybridized carbons (Fsp3) is 1.00. The third-order valence-corrected chi connectivity index (χ3v) is 7.51. The normalized spacial score (nSPS) is 54.6. The van der Waals surface area contributed by atoms with Crippen molar-refractivity contribution in [2.45, 2.75) is 71.6 Å². The summed E-state index contributed by atoms with van der Waals surface area (Å²) in [5.74, 6) is 1.07. The Labute approximate surface area is 127 Å². The van der Waals surface area contributed by atoms with Crippen LogP contribution < -0.4 is 0 Å². The minimum absolute atomic E-state index is 0.687. The lowest BCUT2D eigenvalue weighted by Crippen LogP contribution is -2.58.